The lowest BCUT2D eigenvalue weighted by molar-refractivity contribution is -0.117. The van der Waals surface area contributed by atoms with Crippen molar-refractivity contribution in [1.82, 2.24) is 0 Å². The fourth-order valence-electron chi connectivity index (χ4n) is 2.79. The third kappa shape index (κ3) is 2.25. The molecule has 0 aromatic heterocycles. The highest BCUT2D eigenvalue weighted by Crippen LogP contribution is 2.39. The van der Waals surface area contributed by atoms with Crippen LogP contribution in [-0.2, 0) is 4.79 Å². The summed E-state index contributed by atoms with van der Waals surface area (Å²) < 4.78 is 14.0. The Morgan fingerprint density at radius 3 is 2.41 bits per heavy atom. The Morgan fingerprint density at radius 1 is 1.14 bits per heavy atom. The van der Waals surface area contributed by atoms with Gasteiger partial charge >= 0.3 is 0 Å². The van der Waals surface area contributed by atoms with Crippen LogP contribution in [-0.4, -0.2) is 11.7 Å². The normalized spacial score (nSPS) is 14.3. The van der Waals surface area contributed by atoms with E-state index >= 15 is 0 Å². The standard InChI is InChI=1S/C17H13BrFNO2/c1-9-4-3-5-10(2)17(9)20-14-7-12(18)13(19)6-11(14)15(21)8-16(20)22/h3-7H,8H2,1-2H3. The van der Waals surface area contributed by atoms with Gasteiger partial charge in [0.25, 0.3) is 0 Å². The molecule has 2 aromatic rings. The van der Waals surface area contributed by atoms with Gasteiger partial charge in [0.2, 0.25) is 5.91 Å². The predicted octanol–water partition coefficient (Wildman–Crippen LogP) is 4.46. The number of carbonyl (C=O) groups is 2. The second kappa shape index (κ2) is 5.32. The minimum absolute atomic E-state index is 0.227. The van der Waals surface area contributed by atoms with Crippen LogP contribution < -0.4 is 4.90 Å². The molecular weight excluding hydrogens is 349 g/mol. The van der Waals surface area contributed by atoms with E-state index in [-0.39, 0.29) is 28.1 Å². The van der Waals surface area contributed by atoms with Gasteiger partial charge in [-0.3, -0.25) is 14.5 Å². The molecule has 0 unspecified atom stereocenters. The summed E-state index contributed by atoms with van der Waals surface area (Å²) in [5, 5.41) is 0. The maximum absolute atomic E-state index is 13.8. The number of anilines is 2. The number of halogens is 2. The van der Waals surface area contributed by atoms with E-state index in [9.17, 15) is 14.0 Å². The molecule has 1 aliphatic rings. The number of para-hydroxylation sites is 1. The quantitative estimate of drug-likeness (QED) is 0.703. The van der Waals surface area contributed by atoms with Gasteiger partial charge in [0, 0.05) is 5.56 Å². The number of fused-ring (bicyclic) bond motifs is 1. The van der Waals surface area contributed by atoms with Crippen LogP contribution in [0.2, 0.25) is 0 Å². The van der Waals surface area contributed by atoms with Gasteiger partial charge in [-0.2, -0.15) is 0 Å². The van der Waals surface area contributed by atoms with Crippen molar-refractivity contribution >= 4 is 39.0 Å². The molecule has 0 saturated heterocycles. The van der Waals surface area contributed by atoms with Crippen molar-refractivity contribution < 1.29 is 14.0 Å². The van der Waals surface area contributed by atoms with Gasteiger partial charge in [-0.1, -0.05) is 18.2 Å². The fourth-order valence-corrected chi connectivity index (χ4v) is 3.13. The van der Waals surface area contributed by atoms with Gasteiger partial charge < -0.3 is 0 Å². The van der Waals surface area contributed by atoms with E-state index in [1.54, 1.807) is 0 Å². The molecule has 112 valence electrons. The maximum atomic E-state index is 13.8. The maximum Gasteiger partial charge on any atom is 0.239 e. The summed E-state index contributed by atoms with van der Waals surface area (Å²) in [6.45, 7) is 3.81. The van der Waals surface area contributed by atoms with E-state index in [1.807, 2.05) is 32.0 Å². The molecule has 0 atom stereocenters. The minimum Gasteiger partial charge on any atom is -0.294 e. The second-order valence-electron chi connectivity index (χ2n) is 5.35. The molecule has 0 aliphatic carbocycles. The first-order valence-electron chi connectivity index (χ1n) is 6.81. The van der Waals surface area contributed by atoms with E-state index in [0.717, 1.165) is 16.8 Å². The zero-order valence-electron chi connectivity index (χ0n) is 12.1. The smallest absolute Gasteiger partial charge is 0.239 e. The lowest BCUT2D eigenvalue weighted by Gasteiger charge is -2.31. The van der Waals surface area contributed by atoms with Gasteiger partial charge in [-0.05, 0) is 53.0 Å². The SMILES string of the molecule is Cc1cccc(C)c1N1C(=O)CC(=O)c2cc(F)c(Br)cc21. The van der Waals surface area contributed by atoms with Crippen molar-refractivity contribution in [3.8, 4) is 0 Å². The van der Waals surface area contributed by atoms with E-state index in [0.29, 0.717) is 5.69 Å². The highest BCUT2D eigenvalue weighted by Gasteiger charge is 2.33. The lowest BCUT2D eigenvalue weighted by Crippen LogP contribution is -2.35. The Bertz CT molecular complexity index is 796. The second-order valence-corrected chi connectivity index (χ2v) is 6.21. The molecule has 0 spiro atoms. The summed E-state index contributed by atoms with van der Waals surface area (Å²) in [7, 11) is 0. The average Bonchev–Trinajstić information content (AvgIpc) is 2.44. The van der Waals surface area contributed by atoms with Gasteiger partial charge in [0.1, 0.15) is 5.82 Å². The zero-order valence-corrected chi connectivity index (χ0v) is 13.7. The van der Waals surface area contributed by atoms with Crippen LogP contribution >= 0.6 is 15.9 Å². The van der Waals surface area contributed by atoms with Crippen molar-refractivity contribution in [3.05, 3.63) is 57.3 Å². The Balaban J connectivity index is 2.30. The largest absolute Gasteiger partial charge is 0.294 e. The van der Waals surface area contributed by atoms with Gasteiger partial charge in [-0.15, -0.1) is 0 Å². The third-order valence-corrected chi connectivity index (χ3v) is 4.41. The molecule has 1 aliphatic heterocycles. The topological polar surface area (TPSA) is 37.4 Å². The Kier molecular flexibility index (Phi) is 3.60. The highest BCUT2D eigenvalue weighted by molar-refractivity contribution is 9.10. The van der Waals surface area contributed by atoms with E-state index in [1.165, 1.54) is 17.0 Å². The fraction of sp³-hybridized carbons (Fsp3) is 0.176. The average molecular weight is 362 g/mol. The number of amides is 1. The number of carbonyl (C=O) groups excluding carboxylic acids is 2. The van der Waals surface area contributed by atoms with E-state index < -0.39 is 5.82 Å². The molecule has 0 radical (unpaired) electrons. The molecule has 0 N–H and O–H groups in total. The van der Waals surface area contributed by atoms with Crippen molar-refractivity contribution in [2.45, 2.75) is 20.3 Å². The molecule has 5 heteroatoms. The molecule has 1 amide bonds. The Labute approximate surface area is 135 Å². The van der Waals surface area contributed by atoms with Crippen molar-refractivity contribution in [3.63, 3.8) is 0 Å². The van der Waals surface area contributed by atoms with Crippen molar-refractivity contribution in [2.24, 2.45) is 0 Å². The highest BCUT2D eigenvalue weighted by atomic mass is 79.9. The molecule has 1 heterocycles. The Hall–Kier alpha value is -2.01. The van der Waals surface area contributed by atoms with Crippen LogP contribution in [0.5, 0.6) is 0 Å². The van der Waals surface area contributed by atoms with E-state index in [2.05, 4.69) is 15.9 Å². The van der Waals surface area contributed by atoms with Crippen LogP contribution in [0.1, 0.15) is 27.9 Å². The van der Waals surface area contributed by atoms with Gasteiger partial charge in [0.05, 0.1) is 22.3 Å². The summed E-state index contributed by atoms with van der Waals surface area (Å²) in [4.78, 5) is 26.1. The van der Waals surface area contributed by atoms with Crippen LogP contribution in [0.4, 0.5) is 15.8 Å². The number of aryl methyl sites for hydroxylation is 2. The van der Waals surface area contributed by atoms with Gasteiger partial charge in [0.15, 0.2) is 5.78 Å². The first-order valence-corrected chi connectivity index (χ1v) is 7.61. The summed E-state index contributed by atoms with van der Waals surface area (Å²) >= 11 is 3.13. The number of hydrogen-bond donors (Lipinski definition) is 0. The zero-order chi connectivity index (χ0) is 16.0. The Morgan fingerprint density at radius 2 is 1.77 bits per heavy atom. The molecule has 0 saturated carbocycles. The summed E-state index contributed by atoms with van der Waals surface area (Å²) in [5.74, 6) is -1.16. The summed E-state index contributed by atoms with van der Waals surface area (Å²) in [6, 6.07) is 8.41. The van der Waals surface area contributed by atoms with Crippen molar-refractivity contribution in [1.29, 1.82) is 0 Å². The lowest BCUT2D eigenvalue weighted by atomic mass is 9.97. The van der Waals surface area contributed by atoms with Crippen LogP contribution in [0.25, 0.3) is 0 Å². The summed E-state index contributed by atoms with van der Waals surface area (Å²) in [5.41, 5.74) is 3.26. The number of nitrogens with zero attached hydrogens (tertiary/aromatic N) is 1. The number of hydrogen-bond acceptors (Lipinski definition) is 2. The molecule has 3 rings (SSSR count). The monoisotopic (exact) mass is 361 g/mol. The van der Waals surface area contributed by atoms with E-state index in [4.69, 9.17) is 0 Å². The van der Waals surface area contributed by atoms with Crippen LogP contribution in [0.15, 0.2) is 34.8 Å². The van der Waals surface area contributed by atoms with Gasteiger partial charge in [-0.25, -0.2) is 4.39 Å². The van der Waals surface area contributed by atoms with Crippen molar-refractivity contribution in [2.75, 3.05) is 4.90 Å². The first kappa shape index (κ1) is 14.9. The molecule has 2 aromatic carbocycles. The predicted molar refractivity (Wildman–Crippen MR) is 86.1 cm³/mol. The number of benzene rings is 2. The number of ketones is 1. The summed E-state index contributed by atoms with van der Waals surface area (Å²) in [6.07, 6.45) is -0.248. The van der Waals surface area contributed by atoms with Crippen LogP contribution in [0, 0.1) is 19.7 Å². The molecule has 0 bridgehead atoms. The molecule has 0 fully saturated rings. The number of rotatable bonds is 1. The molecule has 22 heavy (non-hydrogen) atoms. The minimum atomic E-state index is -0.511. The third-order valence-electron chi connectivity index (χ3n) is 3.80. The molecule has 3 nitrogen and oxygen atoms in total. The first-order chi connectivity index (χ1) is 10.4. The number of Topliss-reactive ketones (excluding diaryl/α,β-unsaturated/α-hetero) is 1. The van der Waals surface area contributed by atoms with Crippen LogP contribution in [0.3, 0.4) is 0 Å². The molecular formula is C17H13BrFNO2.